The van der Waals surface area contributed by atoms with Gasteiger partial charge >= 0.3 is 5.97 Å². The lowest BCUT2D eigenvalue weighted by molar-refractivity contribution is -0.131. The first-order chi connectivity index (χ1) is 13.9. The van der Waals surface area contributed by atoms with E-state index in [1.54, 1.807) is 24.4 Å². The highest BCUT2D eigenvalue weighted by atomic mass is 32.2. The Hall–Kier alpha value is -3.59. The Kier molecular flexibility index (Phi) is 5.69. The SMILES string of the molecule is COc1cc(C=CC(=O)O)cc(S(=O)(=O)Nc2cccc3cccnc23)c1OC. The highest BCUT2D eigenvalue weighted by molar-refractivity contribution is 7.92. The number of ether oxygens (including phenoxy) is 2. The molecule has 3 rings (SSSR count). The Morgan fingerprint density at radius 1 is 1.14 bits per heavy atom. The van der Waals surface area contributed by atoms with Crippen molar-refractivity contribution < 1.29 is 27.8 Å². The summed E-state index contributed by atoms with van der Waals surface area (Å²) in [4.78, 5) is 14.9. The van der Waals surface area contributed by atoms with Crippen LogP contribution in [0.1, 0.15) is 5.56 Å². The molecule has 0 radical (unpaired) electrons. The number of carboxylic acid groups (broad SMARTS) is 1. The summed E-state index contributed by atoms with van der Waals surface area (Å²) in [6.07, 6.45) is 3.74. The number of hydrogen-bond donors (Lipinski definition) is 2. The molecule has 0 fully saturated rings. The molecular formula is C20H18N2O6S. The van der Waals surface area contributed by atoms with Gasteiger partial charge in [-0.25, -0.2) is 13.2 Å². The predicted octanol–water partition coefficient (Wildman–Crippen LogP) is 3.15. The molecule has 0 saturated carbocycles. The summed E-state index contributed by atoms with van der Waals surface area (Å²) in [6, 6.07) is 11.5. The number of pyridine rings is 1. The molecular weight excluding hydrogens is 396 g/mol. The van der Waals surface area contributed by atoms with E-state index in [4.69, 9.17) is 14.6 Å². The Morgan fingerprint density at radius 2 is 1.90 bits per heavy atom. The number of carbonyl (C=O) groups is 1. The number of rotatable bonds is 7. The molecule has 0 atom stereocenters. The summed E-state index contributed by atoms with van der Waals surface area (Å²) in [7, 11) is -1.43. The number of sulfonamides is 1. The second-order valence-corrected chi connectivity index (χ2v) is 7.56. The molecule has 0 aliphatic heterocycles. The van der Waals surface area contributed by atoms with Gasteiger partial charge in [-0.3, -0.25) is 9.71 Å². The van der Waals surface area contributed by atoms with Crippen LogP contribution in [0.5, 0.6) is 11.5 Å². The van der Waals surface area contributed by atoms with E-state index in [0.717, 1.165) is 11.5 Å². The van der Waals surface area contributed by atoms with Crippen LogP contribution in [0.25, 0.3) is 17.0 Å². The van der Waals surface area contributed by atoms with Crippen molar-refractivity contribution in [3.63, 3.8) is 0 Å². The van der Waals surface area contributed by atoms with Crippen LogP contribution in [0.3, 0.4) is 0 Å². The van der Waals surface area contributed by atoms with Crippen LogP contribution in [-0.4, -0.2) is 38.7 Å². The maximum Gasteiger partial charge on any atom is 0.328 e. The maximum absolute atomic E-state index is 13.2. The Labute approximate surface area is 167 Å². The number of benzene rings is 2. The predicted molar refractivity (Wildman–Crippen MR) is 109 cm³/mol. The number of fused-ring (bicyclic) bond motifs is 1. The molecule has 2 N–H and O–H groups in total. The van der Waals surface area contributed by atoms with E-state index in [2.05, 4.69) is 9.71 Å². The number of aromatic nitrogens is 1. The van der Waals surface area contributed by atoms with Gasteiger partial charge in [0.25, 0.3) is 10.0 Å². The molecule has 0 amide bonds. The van der Waals surface area contributed by atoms with Crippen LogP contribution in [0.2, 0.25) is 0 Å². The minimum absolute atomic E-state index is 0.000621. The van der Waals surface area contributed by atoms with E-state index >= 15 is 0 Å². The lowest BCUT2D eigenvalue weighted by atomic mass is 10.2. The lowest BCUT2D eigenvalue weighted by Gasteiger charge is -2.16. The number of nitrogens with one attached hydrogen (secondary N) is 1. The highest BCUT2D eigenvalue weighted by Gasteiger charge is 2.24. The van der Waals surface area contributed by atoms with Crippen molar-refractivity contribution in [1.82, 2.24) is 4.98 Å². The van der Waals surface area contributed by atoms with E-state index in [9.17, 15) is 13.2 Å². The van der Waals surface area contributed by atoms with Crippen LogP contribution in [0.15, 0.2) is 59.6 Å². The molecule has 8 nitrogen and oxygen atoms in total. The normalized spacial score (nSPS) is 11.5. The van der Waals surface area contributed by atoms with Gasteiger partial charge in [0.05, 0.1) is 25.4 Å². The van der Waals surface area contributed by atoms with Crippen LogP contribution < -0.4 is 14.2 Å². The van der Waals surface area contributed by atoms with Gasteiger partial charge in [0, 0.05) is 17.7 Å². The zero-order chi connectivity index (χ0) is 21.0. The van der Waals surface area contributed by atoms with Crippen LogP contribution in [0, 0.1) is 0 Å². The number of carboxylic acids is 1. The fraction of sp³-hybridized carbons (Fsp3) is 0.100. The van der Waals surface area contributed by atoms with Gasteiger partial charge in [-0.15, -0.1) is 0 Å². The van der Waals surface area contributed by atoms with Crippen molar-refractivity contribution in [3.8, 4) is 11.5 Å². The van der Waals surface area contributed by atoms with Crippen molar-refractivity contribution in [2.24, 2.45) is 0 Å². The second kappa shape index (κ2) is 8.19. The minimum atomic E-state index is -4.12. The van der Waals surface area contributed by atoms with E-state index in [1.165, 1.54) is 32.4 Å². The van der Waals surface area contributed by atoms with Crippen molar-refractivity contribution >= 4 is 38.7 Å². The van der Waals surface area contributed by atoms with Crippen LogP contribution in [0.4, 0.5) is 5.69 Å². The summed E-state index contributed by atoms with van der Waals surface area (Å²) in [5, 5.41) is 9.62. The van der Waals surface area contributed by atoms with Crippen molar-refractivity contribution in [1.29, 1.82) is 0 Å². The first-order valence-electron chi connectivity index (χ1n) is 8.39. The molecule has 0 bridgehead atoms. The Morgan fingerprint density at radius 3 is 2.59 bits per heavy atom. The summed E-state index contributed by atoms with van der Waals surface area (Å²) >= 11 is 0. The Bertz CT molecular complexity index is 1200. The van der Waals surface area contributed by atoms with Gasteiger partial charge in [-0.1, -0.05) is 18.2 Å². The molecule has 9 heteroatoms. The number of aliphatic carboxylic acids is 1. The smallest absolute Gasteiger partial charge is 0.328 e. The minimum Gasteiger partial charge on any atom is -0.493 e. The molecule has 150 valence electrons. The van der Waals surface area contributed by atoms with Crippen molar-refractivity contribution in [2.75, 3.05) is 18.9 Å². The standard InChI is InChI=1S/C20H18N2O6S/c1-27-16-11-13(8-9-18(23)24)12-17(20(16)28-2)29(25,26)22-15-7-3-5-14-6-4-10-21-19(14)15/h3-12,22H,1-2H3,(H,23,24). The number of nitrogens with zero attached hydrogens (tertiary/aromatic N) is 1. The zero-order valence-corrected chi connectivity index (χ0v) is 16.4. The number of anilines is 1. The molecule has 0 aliphatic rings. The van der Waals surface area contributed by atoms with Crippen molar-refractivity contribution in [3.05, 3.63) is 60.3 Å². The van der Waals surface area contributed by atoms with E-state index in [1.807, 2.05) is 12.1 Å². The summed E-state index contributed by atoms with van der Waals surface area (Å²) in [5.74, 6) is -1.01. The molecule has 2 aromatic carbocycles. The van der Waals surface area contributed by atoms with E-state index < -0.39 is 16.0 Å². The number of hydrogen-bond acceptors (Lipinski definition) is 6. The summed E-state index contributed by atoms with van der Waals surface area (Å²) < 4.78 is 39.4. The topological polar surface area (TPSA) is 115 Å². The van der Waals surface area contributed by atoms with Gasteiger partial charge in [0.1, 0.15) is 4.90 Å². The largest absolute Gasteiger partial charge is 0.493 e. The average molecular weight is 414 g/mol. The average Bonchev–Trinajstić information content (AvgIpc) is 2.71. The molecule has 0 spiro atoms. The fourth-order valence-electron chi connectivity index (χ4n) is 2.80. The molecule has 1 heterocycles. The van der Waals surface area contributed by atoms with Gasteiger partial charge in [-0.2, -0.15) is 0 Å². The first-order valence-corrected chi connectivity index (χ1v) is 9.87. The quantitative estimate of drug-likeness (QED) is 0.571. The summed E-state index contributed by atoms with van der Waals surface area (Å²) in [5.41, 5.74) is 1.11. The van der Waals surface area contributed by atoms with E-state index in [0.29, 0.717) is 16.8 Å². The van der Waals surface area contributed by atoms with Crippen molar-refractivity contribution in [2.45, 2.75) is 4.90 Å². The maximum atomic E-state index is 13.2. The van der Waals surface area contributed by atoms with Gasteiger partial charge < -0.3 is 14.6 Å². The lowest BCUT2D eigenvalue weighted by Crippen LogP contribution is -2.15. The number of methoxy groups -OCH3 is 2. The molecule has 0 aliphatic carbocycles. The van der Waals surface area contributed by atoms with Crippen LogP contribution in [-0.2, 0) is 14.8 Å². The second-order valence-electron chi connectivity index (χ2n) is 5.91. The molecule has 0 saturated heterocycles. The third kappa shape index (κ3) is 4.30. The molecule has 1 aromatic heterocycles. The third-order valence-corrected chi connectivity index (χ3v) is 5.42. The highest BCUT2D eigenvalue weighted by Crippen LogP contribution is 2.37. The molecule has 29 heavy (non-hydrogen) atoms. The molecule has 0 unspecified atom stereocenters. The fourth-order valence-corrected chi connectivity index (χ4v) is 4.08. The Balaban J connectivity index is 2.13. The van der Waals surface area contributed by atoms with Gasteiger partial charge in [0.2, 0.25) is 0 Å². The summed E-state index contributed by atoms with van der Waals surface area (Å²) in [6.45, 7) is 0. The van der Waals surface area contributed by atoms with E-state index in [-0.39, 0.29) is 16.4 Å². The first kappa shape index (κ1) is 20.2. The monoisotopic (exact) mass is 414 g/mol. The zero-order valence-electron chi connectivity index (χ0n) is 15.6. The third-order valence-electron chi connectivity index (χ3n) is 4.05. The van der Waals surface area contributed by atoms with Crippen LogP contribution >= 0.6 is 0 Å². The van der Waals surface area contributed by atoms with Gasteiger partial charge in [-0.05, 0) is 35.9 Å². The molecule has 3 aromatic rings. The van der Waals surface area contributed by atoms with Gasteiger partial charge in [0.15, 0.2) is 11.5 Å². The number of para-hydroxylation sites is 1.